The maximum absolute atomic E-state index is 13.4. The van der Waals surface area contributed by atoms with Crippen molar-refractivity contribution in [3.8, 4) is 11.5 Å². The van der Waals surface area contributed by atoms with Crippen molar-refractivity contribution in [2.45, 2.75) is 13.5 Å². The Morgan fingerprint density at radius 2 is 2.03 bits per heavy atom. The van der Waals surface area contributed by atoms with Crippen molar-refractivity contribution in [1.29, 1.82) is 0 Å². The molecule has 0 saturated carbocycles. The van der Waals surface area contributed by atoms with Crippen molar-refractivity contribution >= 4 is 34.5 Å². The van der Waals surface area contributed by atoms with Crippen LogP contribution < -0.4 is 5.32 Å². The van der Waals surface area contributed by atoms with Crippen LogP contribution in [-0.2, 0) is 6.54 Å². The highest BCUT2D eigenvalue weighted by Crippen LogP contribution is 2.28. The summed E-state index contributed by atoms with van der Waals surface area (Å²) in [6.07, 6.45) is 1.57. The summed E-state index contributed by atoms with van der Waals surface area (Å²) in [5, 5.41) is 7.72. The number of thioether (sulfide) groups is 1. The average molecular weight is 435 g/mol. The van der Waals surface area contributed by atoms with Gasteiger partial charge in [0.05, 0.1) is 22.9 Å². The van der Waals surface area contributed by atoms with Gasteiger partial charge in [-0.1, -0.05) is 23.4 Å². The molecule has 1 aromatic carbocycles. The van der Waals surface area contributed by atoms with Gasteiger partial charge in [0.15, 0.2) is 5.76 Å². The normalized spacial score (nSPS) is 14.7. The Kier molecular flexibility index (Phi) is 5.48. The molecule has 5 rings (SSSR count). The van der Waals surface area contributed by atoms with Crippen LogP contribution in [0.3, 0.4) is 0 Å². The summed E-state index contributed by atoms with van der Waals surface area (Å²) in [5.41, 5.74) is 3.83. The first-order valence-corrected chi connectivity index (χ1v) is 11.3. The van der Waals surface area contributed by atoms with Gasteiger partial charge in [-0.2, -0.15) is 11.8 Å². The third kappa shape index (κ3) is 4.08. The highest BCUT2D eigenvalue weighted by Gasteiger charge is 2.21. The quantitative estimate of drug-likeness (QED) is 0.492. The standard InChI is InChI=1S/C23H22N4O3S/c1-15-21-17(13-19(20-7-4-10-29-20)25-23(21)30-26-15)22(28)24-18-6-3-2-5-16(18)14-27-8-11-31-12-9-27/h2-7,10,13H,8-9,11-12,14H2,1H3,(H,24,28). The third-order valence-electron chi connectivity index (χ3n) is 5.40. The molecule has 1 aliphatic heterocycles. The lowest BCUT2D eigenvalue weighted by Crippen LogP contribution is -2.32. The second-order valence-corrected chi connectivity index (χ2v) is 8.71. The van der Waals surface area contributed by atoms with Crippen LogP contribution in [0.5, 0.6) is 0 Å². The fraction of sp³-hybridized carbons (Fsp3) is 0.261. The van der Waals surface area contributed by atoms with E-state index in [-0.39, 0.29) is 5.91 Å². The summed E-state index contributed by atoms with van der Waals surface area (Å²) in [6, 6.07) is 13.3. The minimum atomic E-state index is -0.229. The minimum Gasteiger partial charge on any atom is -0.463 e. The van der Waals surface area contributed by atoms with Crippen LogP contribution in [0.25, 0.3) is 22.6 Å². The molecule has 0 bridgehead atoms. The van der Waals surface area contributed by atoms with Crippen LogP contribution in [0.15, 0.2) is 57.7 Å². The topological polar surface area (TPSA) is 84.4 Å². The number of hydrogen-bond donors (Lipinski definition) is 1. The highest BCUT2D eigenvalue weighted by molar-refractivity contribution is 7.99. The van der Waals surface area contributed by atoms with Gasteiger partial charge in [-0.3, -0.25) is 9.69 Å². The number of aryl methyl sites for hydroxylation is 1. The molecule has 1 aliphatic rings. The average Bonchev–Trinajstić information content (AvgIpc) is 3.46. The molecule has 0 unspecified atom stereocenters. The summed E-state index contributed by atoms with van der Waals surface area (Å²) >= 11 is 1.98. The Labute approximate surface area is 183 Å². The Hall–Kier alpha value is -3.10. The Morgan fingerprint density at radius 1 is 1.19 bits per heavy atom. The van der Waals surface area contributed by atoms with Gasteiger partial charge in [-0.05, 0) is 36.8 Å². The van der Waals surface area contributed by atoms with E-state index in [1.807, 2.05) is 30.0 Å². The van der Waals surface area contributed by atoms with Crippen LogP contribution >= 0.6 is 11.8 Å². The molecule has 3 aromatic heterocycles. The first-order chi connectivity index (χ1) is 15.2. The zero-order valence-electron chi connectivity index (χ0n) is 17.1. The number of carbonyl (C=O) groups excluding carboxylic acids is 1. The van der Waals surface area contributed by atoms with Gasteiger partial charge in [0.2, 0.25) is 0 Å². The maximum Gasteiger partial charge on any atom is 0.259 e. The van der Waals surface area contributed by atoms with Gasteiger partial charge in [-0.25, -0.2) is 4.98 Å². The van der Waals surface area contributed by atoms with Crippen molar-refractivity contribution in [1.82, 2.24) is 15.0 Å². The molecule has 1 amide bonds. The fourth-order valence-corrected chi connectivity index (χ4v) is 4.77. The number of carbonyl (C=O) groups is 1. The summed E-state index contributed by atoms with van der Waals surface area (Å²) < 4.78 is 10.8. The van der Waals surface area contributed by atoms with Gasteiger partial charge in [0, 0.05) is 36.8 Å². The number of para-hydroxylation sites is 1. The van der Waals surface area contributed by atoms with E-state index in [0.29, 0.717) is 33.8 Å². The smallest absolute Gasteiger partial charge is 0.259 e. The molecule has 158 valence electrons. The lowest BCUT2D eigenvalue weighted by atomic mass is 10.1. The summed E-state index contributed by atoms with van der Waals surface area (Å²) in [4.78, 5) is 20.3. The zero-order chi connectivity index (χ0) is 21.2. The number of nitrogens with zero attached hydrogens (tertiary/aromatic N) is 3. The first-order valence-electron chi connectivity index (χ1n) is 10.2. The van der Waals surface area contributed by atoms with Gasteiger partial charge < -0.3 is 14.3 Å². The molecule has 0 spiro atoms. The van der Waals surface area contributed by atoms with Crippen molar-refractivity contribution in [2.24, 2.45) is 0 Å². The molecule has 31 heavy (non-hydrogen) atoms. The Morgan fingerprint density at radius 3 is 2.84 bits per heavy atom. The van der Waals surface area contributed by atoms with Crippen LogP contribution in [-0.4, -0.2) is 45.5 Å². The van der Waals surface area contributed by atoms with E-state index in [9.17, 15) is 4.79 Å². The number of pyridine rings is 1. The number of hydrogen-bond acceptors (Lipinski definition) is 7. The van der Waals surface area contributed by atoms with E-state index in [2.05, 4.69) is 26.4 Å². The number of benzene rings is 1. The SMILES string of the molecule is Cc1noc2nc(-c3ccco3)cc(C(=O)Nc3ccccc3CN3CCSCC3)c12. The molecule has 1 fully saturated rings. The van der Waals surface area contributed by atoms with Crippen LogP contribution in [0, 0.1) is 6.92 Å². The lowest BCUT2D eigenvalue weighted by molar-refractivity contribution is 0.102. The number of rotatable bonds is 5. The van der Waals surface area contributed by atoms with E-state index < -0.39 is 0 Å². The maximum atomic E-state index is 13.4. The molecule has 4 heterocycles. The van der Waals surface area contributed by atoms with E-state index >= 15 is 0 Å². The molecule has 1 N–H and O–H groups in total. The molecule has 0 atom stereocenters. The molecular formula is C23H22N4O3S. The summed E-state index contributed by atoms with van der Waals surface area (Å²) in [7, 11) is 0. The number of amides is 1. The largest absolute Gasteiger partial charge is 0.463 e. The van der Waals surface area contributed by atoms with E-state index in [1.54, 1.807) is 31.4 Å². The van der Waals surface area contributed by atoms with Crippen molar-refractivity contribution < 1.29 is 13.7 Å². The Balaban J connectivity index is 1.48. The highest BCUT2D eigenvalue weighted by atomic mass is 32.2. The molecule has 7 nitrogen and oxygen atoms in total. The number of fused-ring (bicyclic) bond motifs is 1. The van der Waals surface area contributed by atoms with Gasteiger partial charge in [0.1, 0.15) is 5.69 Å². The summed E-state index contributed by atoms with van der Waals surface area (Å²) in [5.74, 6) is 2.62. The van der Waals surface area contributed by atoms with Crippen molar-refractivity contribution in [2.75, 3.05) is 29.9 Å². The third-order valence-corrected chi connectivity index (χ3v) is 6.34. The fourth-order valence-electron chi connectivity index (χ4n) is 3.79. The van der Waals surface area contributed by atoms with Crippen LogP contribution in [0.4, 0.5) is 5.69 Å². The predicted molar refractivity (Wildman–Crippen MR) is 121 cm³/mol. The monoisotopic (exact) mass is 434 g/mol. The van der Waals surface area contributed by atoms with E-state index in [4.69, 9.17) is 8.94 Å². The van der Waals surface area contributed by atoms with Crippen molar-refractivity contribution in [3.05, 3.63) is 65.5 Å². The number of nitrogens with one attached hydrogen (secondary N) is 1. The molecular weight excluding hydrogens is 412 g/mol. The molecule has 0 aliphatic carbocycles. The Bertz CT molecular complexity index is 1210. The van der Waals surface area contributed by atoms with E-state index in [1.165, 1.54) is 0 Å². The molecule has 1 saturated heterocycles. The number of anilines is 1. The van der Waals surface area contributed by atoms with E-state index in [0.717, 1.165) is 42.4 Å². The first kappa shape index (κ1) is 19.8. The van der Waals surface area contributed by atoms with Gasteiger partial charge >= 0.3 is 0 Å². The van der Waals surface area contributed by atoms with Gasteiger partial charge in [0.25, 0.3) is 11.6 Å². The second kappa shape index (κ2) is 8.56. The molecule has 8 heteroatoms. The molecule has 0 radical (unpaired) electrons. The lowest BCUT2D eigenvalue weighted by Gasteiger charge is -2.27. The zero-order valence-corrected chi connectivity index (χ0v) is 17.9. The molecule has 4 aromatic rings. The van der Waals surface area contributed by atoms with Crippen molar-refractivity contribution in [3.63, 3.8) is 0 Å². The summed E-state index contributed by atoms with van der Waals surface area (Å²) in [6.45, 7) is 4.74. The number of aromatic nitrogens is 2. The minimum absolute atomic E-state index is 0.229. The number of furan rings is 1. The van der Waals surface area contributed by atoms with Gasteiger partial charge in [-0.15, -0.1) is 0 Å². The van der Waals surface area contributed by atoms with Crippen LogP contribution in [0.2, 0.25) is 0 Å². The van der Waals surface area contributed by atoms with Crippen LogP contribution in [0.1, 0.15) is 21.6 Å². The second-order valence-electron chi connectivity index (χ2n) is 7.48. The predicted octanol–water partition coefficient (Wildman–Crippen LogP) is 4.59.